The molecule has 4 bridgehead atoms. The maximum absolute atomic E-state index is 13.6. The summed E-state index contributed by atoms with van der Waals surface area (Å²) in [6.45, 7) is 4.31. The molecule has 1 fully saturated rings. The molecule has 3 amide bonds. The number of nitrogens with one attached hydrogen (secondary N) is 2. The number of amides is 3. The molecule has 3 aliphatic heterocycles. The number of hydrogen-bond acceptors (Lipinski definition) is 10. The fourth-order valence-electron chi connectivity index (χ4n) is 4.73. The predicted octanol–water partition coefficient (Wildman–Crippen LogP) is 2.39. The Hall–Kier alpha value is -4.39. The Morgan fingerprint density at radius 2 is 1.93 bits per heavy atom. The highest BCUT2D eigenvalue weighted by molar-refractivity contribution is 7.08. The minimum atomic E-state index is -0.571. The van der Waals surface area contributed by atoms with Crippen molar-refractivity contribution in [2.24, 2.45) is 0 Å². The highest BCUT2D eigenvalue weighted by atomic mass is 32.1. The molecule has 216 valence electrons. The molecule has 41 heavy (non-hydrogen) atoms. The molecule has 6 rings (SSSR count). The van der Waals surface area contributed by atoms with E-state index in [-0.39, 0.29) is 49.5 Å². The number of carbonyl (C=O) groups is 3. The second kappa shape index (κ2) is 12.0. The Balaban J connectivity index is 1.49. The van der Waals surface area contributed by atoms with Crippen molar-refractivity contribution in [3.63, 3.8) is 0 Å². The molecule has 13 heteroatoms. The maximum Gasteiger partial charge on any atom is 0.267 e. The van der Waals surface area contributed by atoms with E-state index >= 15 is 0 Å². The number of hydrogen-bond donors (Lipinski definition) is 2. The first-order valence-corrected chi connectivity index (χ1v) is 13.9. The van der Waals surface area contributed by atoms with Gasteiger partial charge in [-0.3, -0.25) is 14.4 Å². The summed E-state index contributed by atoms with van der Waals surface area (Å²) in [5.41, 5.74) is 1.66. The highest BCUT2D eigenvalue weighted by Crippen LogP contribution is 2.30. The van der Waals surface area contributed by atoms with Crippen molar-refractivity contribution in [2.75, 3.05) is 33.9 Å². The van der Waals surface area contributed by atoms with Crippen LogP contribution in [0.15, 0.2) is 36.4 Å². The third-order valence-corrected chi connectivity index (χ3v) is 7.62. The smallest absolute Gasteiger partial charge is 0.267 e. The van der Waals surface area contributed by atoms with Gasteiger partial charge in [0.25, 0.3) is 17.7 Å². The number of ether oxygens (including phenoxy) is 4. The van der Waals surface area contributed by atoms with E-state index in [0.717, 1.165) is 17.1 Å². The molecule has 0 radical (unpaired) electrons. The van der Waals surface area contributed by atoms with Gasteiger partial charge in [0.2, 0.25) is 0 Å². The Morgan fingerprint density at radius 1 is 1.10 bits per heavy atom. The highest BCUT2D eigenvalue weighted by Gasteiger charge is 2.40. The molecule has 0 unspecified atom stereocenters. The lowest BCUT2D eigenvalue weighted by molar-refractivity contribution is -0.123. The molecule has 3 aliphatic rings. The van der Waals surface area contributed by atoms with Gasteiger partial charge in [-0.2, -0.15) is 0 Å². The van der Waals surface area contributed by atoms with Gasteiger partial charge < -0.3 is 34.5 Å². The van der Waals surface area contributed by atoms with Crippen LogP contribution in [-0.4, -0.2) is 78.3 Å². The summed E-state index contributed by atoms with van der Waals surface area (Å²) in [6.07, 6.45) is -0.571. The molecule has 1 aromatic heterocycles. The summed E-state index contributed by atoms with van der Waals surface area (Å²) in [4.78, 5) is 41.6. The lowest BCUT2D eigenvalue weighted by Gasteiger charge is -2.22. The van der Waals surface area contributed by atoms with Gasteiger partial charge >= 0.3 is 0 Å². The van der Waals surface area contributed by atoms with Gasteiger partial charge in [-0.15, -0.1) is 5.10 Å². The maximum atomic E-state index is 13.6. The first-order valence-electron chi connectivity index (χ1n) is 13.1. The number of nitrogens with zero attached hydrogens (tertiary/aromatic N) is 3. The molecule has 2 aromatic carbocycles. The summed E-state index contributed by atoms with van der Waals surface area (Å²) in [7, 11) is 3.01. The van der Waals surface area contributed by atoms with Gasteiger partial charge in [-0.1, -0.05) is 18.3 Å². The van der Waals surface area contributed by atoms with Crippen LogP contribution < -0.4 is 29.6 Å². The van der Waals surface area contributed by atoms with Gasteiger partial charge in [0, 0.05) is 36.3 Å². The fourth-order valence-corrected chi connectivity index (χ4v) is 5.52. The minimum Gasteiger partial charge on any atom is -0.497 e. The number of rotatable bonds is 4. The van der Waals surface area contributed by atoms with Crippen molar-refractivity contribution in [3.05, 3.63) is 58.1 Å². The zero-order chi connectivity index (χ0) is 29.1. The van der Waals surface area contributed by atoms with Crippen molar-refractivity contribution >= 4 is 29.3 Å². The number of aromatic nitrogens is 2. The lowest BCUT2D eigenvalue weighted by Crippen LogP contribution is -2.45. The molecule has 0 aliphatic carbocycles. The minimum absolute atomic E-state index is 0.0323. The van der Waals surface area contributed by atoms with Crippen LogP contribution in [0.5, 0.6) is 23.0 Å². The second-order valence-electron chi connectivity index (χ2n) is 10.0. The number of benzene rings is 2. The summed E-state index contributed by atoms with van der Waals surface area (Å²) in [5, 5.41) is 9.97. The SMILES string of the molecule is COc1cc2cc(c1)C(=O)N[C@H]1CN(C(=O)c3snnc3C(C)C)C[C@@H]1Oc1ccc(c(OC)c1)CNC(=O)CO2. The van der Waals surface area contributed by atoms with E-state index in [9.17, 15) is 14.4 Å². The Labute approximate surface area is 241 Å². The standard InChI is InChI=1S/C28H31N5O7S/c1-15(2)25-26(41-32-31-25)28(36)33-12-21-23(13-33)40-18-6-5-16(22(10-18)38-4)11-29-24(34)14-39-20-8-17(27(35)30-21)7-19(9-20)37-3/h5-10,15,21,23H,11-14H2,1-4H3,(H,29,34)(H,30,35)/t21-,23-/m0/s1. The predicted molar refractivity (Wildman–Crippen MR) is 149 cm³/mol. The third kappa shape index (κ3) is 6.19. The normalized spacial score (nSPS) is 19.0. The van der Waals surface area contributed by atoms with Crippen molar-refractivity contribution in [3.8, 4) is 23.0 Å². The van der Waals surface area contributed by atoms with E-state index in [2.05, 4.69) is 20.2 Å². The van der Waals surface area contributed by atoms with Gasteiger partial charge in [-0.05, 0) is 41.7 Å². The molecule has 3 aromatic rings. The lowest BCUT2D eigenvalue weighted by atomic mass is 10.1. The second-order valence-corrected chi connectivity index (χ2v) is 10.8. The van der Waals surface area contributed by atoms with Crippen LogP contribution in [0.3, 0.4) is 0 Å². The van der Waals surface area contributed by atoms with Crippen LogP contribution in [0, 0.1) is 0 Å². The average Bonchev–Trinajstić information content (AvgIpc) is 3.62. The quantitative estimate of drug-likeness (QED) is 0.475. The average molecular weight is 582 g/mol. The van der Waals surface area contributed by atoms with Crippen molar-refractivity contribution in [2.45, 2.75) is 38.5 Å². The van der Waals surface area contributed by atoms with Crippen LogP contribution in [0.25, 0.3) is 0 Å². The van der Waals surface area contributed by atoms with Gasteiger partial charge in [0.1, 0.15) is 34.0 Å². The van der Waals surface area contributed by atoms with Gasteiger partial charge in [0.15, 0.2) is 6.61 Å². The van der Waals surface area contributed by atoms with E-state index in [1.807, 2.05) is 13.8 Å². The molecule has 2 N–H and O–H groups in total. The zero-order valence-electron chi connectivity index (χ0n) is 23.1. The summed E-state index contributed by atoms with van der Waals surface area (Å²) in [5.74, 6) is 0.769. The van der Waals surface area contributed by atoms with Crippen LogP contribution in [0.2, 0.25) is 0 Å². The molecule has 0 saturated carbocycles. The van der Waals surface area contributed by atoms with Crippen molar-refractivity contribution in [1.82, 2.24) is 25.1 Å². The largest absolute Gasteiger partial charge is 0.497 e. The summed E-state index contributed by atoms with van der Waals surface area (Å²) in [6, 6.07) is 9.44. The van der Waals surface area contributed by atoms with Crippen LogP contribution in [-0.2, 0) is 11.3 Å². The molecule has 4 heterocycles. The van der Waals surface area contributed by atoms with Gasteiger partial charge in [-0.25, -0.2) is 0 Å². The summed E-state index contributed by atoms with van der Waals surface area (Å²) >= 11 is 1.06. The summed E-state index contributed by atoms with van der Waals surface area (Å²) < 4.78 is 26.9. The van der Waals surface area contributed by atoms with Gasteiger partial charge in [0.05, 0.1) is 32.5 Å². The molecule has 0 spiro atoms. The number of likely N-dealkylation sites (tertiary alicyclic amines) is 1. The van der Waals surface area contributed by atoms with E-state index in [4.69, 9.17) is 18.9 Å². The van der Waals surface area contributed by atoms with Crippen LogP contribution >= 0.6 is 11.5 Å². The van der Waals surface area contributed by atoms with E-state index < -0.39 is 18.1 Å². The monoisotopic (exact) mass is 581 g/mol. The molecular formula is C28H31N5O7S. The number of carbonyl (C=O) groups excluding carboxylic acids is 3. The molecule has 1 saturated heterocycles. The van der Waals surface area contributed by atoms with Crippen LogP contribution in [0.1, 0.15) is 51.1 Å². The first kappa shape index (κ1) is 28.1. The van der Waals surface area contributed by atoms with Crippen molar-refractivity contribution in [1.29, 1.82) is 0 Å². The fraction of sp³-hybridized carbons (Fsp3) is 0.393. The van der Waals surface area contributed by atoms with Crippen LogP contribution in [0.4, 0.5) is 0 Å². The molecule has 12 nitrogen and oxygen atoms in total. The van der Waals surface area contributed by atoms with E-state index in [1.54, 1.807) is 35.2 Å². The topological polar surface area (TPSA) is 141 Å². The number of methoxy groups -OCH3 is 2. The molecular weight excluding hydrogens is 550 g/mol. The third-order valence-electron chi connectivity index (χ3n) is 6.89. The Kier molecular flexibility index (Phi) is 8.24. The Morgan fingerprint density at radius 3 is 2.68 bits per heavy atom. The first-order chi connectivity index (χ1) is 19.7. The van der Waals surface area contributed by atoms with Crippen molar-refractivity contribution < 1.29 is 33.3 Å². The zero-order valence-corrected chi connectivity index (χ0v) is 23.9. The Bertz CT molecular complexity index is 1460. The molecule has 2 atom stereocenters. The van der Waals surface area contributed by atoms with E-state index in [1.165, 1.54) is 20.3 Å². The number of fused-ring (bicyclic) bond motifs is 7. The van der Waals surface area contributed by atoms with E-state index in [0.29, 0.717) is 33.6 Å².